The van der Waals surface area contributed by atoms with Gasteiger partial charge in [-0.25, -0.2) is 0 Å². The molecule has 2 saturated heterocycles. The lowest BCUT2D eigenvalue weighted by molar-refractivity contribution is -0.141. The standard InChI is InChI=1S/C11H20N2O2/c1-7(10(12)11(14)15)13-6-8-2-4-9(13)5-3-8/h7-10H,2-6,12H2,1H3,(H,14,15). The first kappa shape index (κ1) is 10.9. The molecule has 4 nitrogen and oxygen atoms in total. The van der Waals surface area contributed by atoms with Crippen LogP contribution in [0.3, 0.4) is 0 Å². The lowest BCUT2D eigenvalue weighted by Crippen LogP contribution is -2.58. The van der Waals surface area contributed by atoms with Crippen LogP contribution in [0, 0.1) is 5.92 Å². The zero-order valence-electron chi connectivity index (χ0n) is 9.22. The summed E-state index contributed by atoms with van der Waals surface area (Å²) in [6.45, 7) is 2.99. The molecule has 3 aliphatic rings. The molecule has 2 atom stereocenters. The summed E-state index contributed by atoms with van der Waals surface area (Å²) in [5.74, 6) is -0.109. The molecule has 2 bridgehead atoms. The minimum atomic E-state index is -0.885. The zero-order chi connectivity index (χ0) is 11.0. The number of carbonyl (C=O) groups is 1. The number of hydrogen-bond acceptors (Lipinski definition) is 3. The molecule has 2 aliphatic heterocycles. The molecule has 2 unspecified atom stereocenters. The Kier molecular flexibility index (Phi) is 2.98. The smallest absolute Gasteiger partial charge is 0.322 e. The van der Waals surface area contributed by atoms with Gasteiger partial charge in [0.15, 0.2) is 0 Å². The van der Waals surface area contributed by atoms with Crippen molar-refractivity contribution < 1.29 is 9.90 Å². The van der Waals surface area contributed by atoms with Crippen LogP contribution >= 0.6 is 0 Å². The SMILES string of the molecule is CC(C(N)C(=O)O)N1CC2CCC1CC2. The fourth-order valence-corrected chi connectivity index (χ4v) is 3.02. The Morgan fingerprint density at radius 3 is 2.40 bits per heavy atom. The predicted molar refractivity (Wildman–Crippen MR) is 57.5 cm³/mol. The monoisotopic (exact) mass is 212 g/mol. The van der Waals surface area contributed by atoms with E-state index in [9.17, 15) is 4.79 Å². The van der Waals surface area contributed by atoms with Gasteiger partial charge in [0.05, 0.1) is 0 Å². The van der Waals surface area contributed by atoms with E-state index < -0.39 is 12.0 Å². The highest BCUT2D eigenvalue weighted by Gasteiger charge is 2.38. The molecule has 0 aromatic heterocycles. The van der Waals surface area contributed by atoms with E-state index in [0.29, 0.717) is 6.04 Å². The number of nitrogens with two attached hydrogens (primary N) is 1. The summed E-state index contributed by atoms with van der Waals surface area (Å²) in [5, 5.41) is 8.90. The third-order valence-corrected chi connectivity index (χ3v) is 4.08. The second-order valence-corrected chi connectivity index (χ2v) is 4.98. The van der Waals surface area contributed by atoms with E-state index in [4.69, 9.17) is 10.8 Å². The van der Waals surface area contributed by atoms with E-state index in [2.05, 4.69) is 4.90 Å². The maximum atomic E-state index is 10.8. The maximum Gasteiger partial charge on any atom is 0.322 e. The van der Waals surface area contributed by atoms with Crippen LogP contribution in [-0.4, -0.2) is 40.6 Å². The van der Waals surface area contributed by atoms with Gasteiger partial charge in [0.1, 0.15) is 6.04 Å². The van der Waals surface area contributed by atoms with Gasteiger partial charge in [0, 0.05) is 18.6 Å². The maximum absolute atomic E-state index is 10.8. The molecule has 3 N–H and O–H groups in total. The first-order valence-corrected chi connectivity index (χ1v) is 5.83. The zero-order valence-corrected chi connectivity index (χ0v) is 9.22. The number of carboxylic acid groups (broad SMARTS) is 1. The van der Waals surface area contributed by atoms with Crippen LogP contribution in [0.5, 0.6) is 0 Å². The number of aliphatic carboxylic acids is 1. The summed E-state index contributed by atoms with van der Waals surface area (Å²) in [6.07, 6.45) is 5.08. The first-order chi connectivity index (χ1) is 7.09. The predicted octanol–water partition coefficient (Wildman–Crippen LogP) is 0.661. The van der Waals surface area contributed by atoms with Crippen molar-refractivity contribution in [1.29, 1.82) is 0 Å². The van der Waals surface area contributed by atoms with E-state index in [1.54, 1.807) is 0 Å². The van der Waals surface area contributed by atoms with Gasteiger partial charge in [-0.2, -0.15) is 0 Å². The van der Waals surface area contributed by atoms with E-state index >= 15 is 0 Å². The first-order valence-electron chi connectivity index (χ1n) is 5.83. The molecular formula is C11H20N2O2. The van der Waals surface area contributed by atoms with E-state index in [1.165, 1.54) is 25.7 Å². The average molecular weight is 212 g/mol. The molecule has 2 heterocycles. The van der Waals surface area contributed by atoms with Crippen molar-refractivity contribution in [3.8, 4) is 0 Å². The summed E-state index contributed by atoms with van der Waals surface area (Å²) in [6, 6.07) is -0.199. The summed E-state index contributed by atoms with van der Waals surface area (Å²) in [4.78, 5) is 13.2. The van der Waals surface area contributed by atoms with Crippen molar-refractivity contribution in [2.24, 2.45) is 11.7 Å². The third kappa shape index (κ3) is 2.01. The Bertz CT molecular complexity index is 249. The van der Waals surface area contributed by atoms with E-state index in [0.717, 1.165) is 12.5 Å². The van der Waals surface area contributed by atoms with Crippen LogP contribution in [0.1, 0.15) is 32.6 Å². The molecule has 0 spiro atoms. The molecule has 0 aromatic rings. The van der Waals surface area contributed by atoms with Gasteiger partial charge in [-0.1, -0.05) is 0 Å². The topological polar surface area (TPSA) is 66.6 Å². The van der Waals surface area contributed by atoms with Crippen molar-refractivity contribution in [3.63, 3.8) is 0 Å². The molecule has 86 valence electrons. The fraction of sp³-hybridized carbons (Fsp3) is 0.909. The van der Waals surface area contributed by atoms with Gasteiger partial charge in [0.2, 0.25) is 0 Å². The van der Waals surface area contributed by atoms with Crippen LogP contribution in [-0.2, 0) is 4.79 Å². The summed E-state index contributed by atoms with van der Waals surface area (Å²) in [7, 11) is 0. The molecule has 1 saturated carbocycles. The van der Waals surface area contributed by atoms with Crippen molar-refractivity contribution in [2.75, 3.05) is 6.54 Å². The van der Waals surface area contributed by atoms with E-state index in [-0.39, 0.29) is 6.04 Å². The van der Waals surface area contributed by atoms with Crippen molar-refractivity contribution in [3.05, 3.63) is 0 Å². The molecule has 0 amide bonds. The number of hydrogen-bond donors (Lipinski definition) is 2. The van der Waals surface area contributed by atoms with Crippen LogP contribution in [0.4, 0.5) is 0 Å². The average Bonchev–Trinajstić information content (AvgIpc) is 2.28. The van der Waals surface area contributed by atoms with Gasteiger partial charge in [0.25, 0.3) is 0 Å². The Hall–Kier alpha value is -0.610. The summed E-state index contributed by atoms with van der Waals surface area (Å²) in [5.41, 5.74) is 5.68. The van der Waals surface area contributed by atoms with Crippen molar-refractivity contribution in [1.82, 2.24) is 4.90 Å². The van der Waals surface area contributed by atoms with Crippen molar-refractivity contribution in [2.45, 2.75) is 50.7 Å². The highest BCUT2D eigenvalue weighted by molar-refractivity contribution is 5.74. The quantitative estimate of drug-likeness (QED) is 0.721. The Morgan fingerprint density at radius 1 is 1.40 bits per heavy atom. The highest BCUT2D eigenvalue weighted by atomic mass is 16.4. The van der Waals surface area contributed by atoms with E-state index in [1.807, 2.05) is 6.92 Å². The molecule has 3 rings (SSSR count). The van der Waals surface area contributed by atoms with Gasteiger partial charge in [-0.05, 0) is 38.5 Å². The fourth-order valence-electron chi connectivity index (χ4n) is 3.02. The number of rotatable bonds is 3. The number of nitrogens with zero attached hydrogens (tertiary/aromatic N) is 1. The van der Waals surface area contributed by atoms with Gasteiger partial charge in [-0.15, -0.1) is 0 Å². The molecule has 15 heavy (non-hydrogen) atoms. The lowest BCUT2D eigenvalue weighted by Gasteiger charge is -2.48. The van der Waals surface area contributed by atoms with Gasteiger partial charge >= 0.3 is 5.97 Å². The molecule has 4 heteroatoms. The van der Waals surface area contributed by atoms with Crippen LogP contribution in [0.15, 0.2) is 0 Å². The Balaban J connectivity index is 2.01. The van der Waals surface area contributed by atoms with Crippen LogP contribution < -0.4 is 5.73 Å². The van der Waals surface area contributed by atoms with Gasteiger partial charge < -0.3 is 10.8 Å². The Morgan fingerprint density at radius 2 is 2.00 bits per heavy atom. The normalized spacial score (nSPS) is 35.1. The minimum absolute atomic E-state index is 0.0319. The van der Waals surface area contributed by atoms with Crippen LogP contribution in [0.2, 0.25) is 0 Å². The van der Waals surface area contributed by atoms with Crippen LogP contribution in [0.25, 0.3) is 0 Å². The molecule has 0 radical (unpaired) electrons. The Labute approximate surface area is 90.4 Å². The third-order valence-electron chi connectivity index (χ3n) is 4.08. The molecular weight excluding hydrogens is 192 g/mol. The summed E-state index contributed by atoms with van der Waals surface area (Å²) >= 11 is 0. The number of carboxylic acids is 1. The lowest BCUT2D eigenvalue weighted by atomic mass is 9.79. The second-order valence-electron chi connectivity index (χ2n) is 4.98. The number of piperidine rings is 2. The number of fused-ring (bicyclic) bond motifs is 3. The molecule has 1 aliphatic carbocycles. The molecule has 3 fully saturated rings. The highest BCUT2D eigenvalue weighted by Crippen LogP contribution is 2.36. The van der Waals surface area contributed by atoms with Crippen molar-refractivity contribution >= 4 is 5.97 Å². The minimum Gasteiger partial charge on any atom is -0.480 e. The summed E-state index contributed by atoms with van der Waals surface area (Å²) < 4.78 is 0. The van der Waals surface area contributed by atoms with Gasteiger partial charge in [-0.3, -0.25) is 9.69 Å². The second kappa shape index (κ2) is 4.10. The largest absolute Gasteiger partial charge is 0.480 e. The molecule has 0 aromatic carbocycles.